The summed E-state index contributed by atoms with van der Waals surface area (Å²) < 4.78 is 3.12. The van der Waals surface area contributed by atoms with Crippen molar-refractivity contribution in [2.75, 3.05) is 13.1 Å². The first kappa shape index (κ1) is 19.8. The summed E-state index contributed by atoms with van der Waals surface area (Å²) >= 11 is 0. The monoisotopic (exact) mass is 360 g/mol. The maximum atomic E-state index is 12.7. The second-order valence-electron chi connectivity index (χ2n) is 7.31. The van der Waals surface area contributed by atoms with Crippen LogP contribution in [0.1, 0.15) is 34.6 Å². The van der Waals surface area contributed by atoms with Gasteiger partial charge in [0, 0.05) is 18.6 Å². The number of nitrogens with zero attached hydrogens (tertiary/aromatic N) is 3. The first-order chi connectivity index (χ1) is 12.2. The lowest BCUT2D eigenvalue weighted by Crippen LogP contribution is -2.48. The van der Waals surface area contributed by atoms with Crippen LogP contribution in [0, 0.1) is 0 Å². The molecule has 1 heterocycles. The van der Waals surface area contributed by atoms with Crippen LogP contribution in [0.4, 0.5) is 0 Å². The molecule has 0 fully saturated rings. The Morgan fingerprint density at radius 3 is 2.15 bits per heavy atom. The average molecular weight is 360 g/mol. The van der Waals surface area contributed by atoms with Crippen molar-refractivity contribution in [3.63, 3.8) is 0 Å². The molecule has 2 aromatic rings. The molecule has 7 nitrogen and oxygen atoms in total. The van der Waals surface area contributed by atoms with Crippen molar-refractivity contribution in [2.24, 2.45) is 0 Å². The number of likely N-dealkylation sites (N-methyl/N-ethyl adjacent to an activating group) is 1. The first-order valence-corrected chi connectivity index (χ1v) is 8.94. The molecule has 142 valence electrons. The van der Waals surface area contributed by atoms with Crippen LogP contribution < -0.4 is 11.0 Å². The Morgan fingerprint density at radius 2 is 1.65 bits per heavy atom. The van der Waals surface area contributed by atoms with Gasteiger partial charge in [0.1, 0.15) is 6.54 Å². The molecule has 0 unspecified atom stereocenters. The highest BCUT2D eigenvalue weighted by Crippen LogP contribution is 2.13. The molecule has 0 atom stereocenters. The number of carbonyl (C=O) groups excluding carboxylic acids is 2. The van der Waals surface area contributed by atoms with Crippen LogP contribution in [0.25, 0.3) is 11.0 Å². The van der Waals surface area contributed by atoms with E-state index in [-0.39, 0.29) is 36.1 Å². The molecular formula is C19H28N4O3. The van der Waals surface area contributed by atoms with E-state index in [1.165, 1.54) is 9.47 Å². The van der Waals surface area contributed by atoms with Gasteiger partial charge in [-0.3, -0.25) is 18.7 Å². The fourth-order valence-corrected chi connectivity index (χ4v) is 2.97. The molecule has 0 saturated carbocycles. The number of imidazole rings is 1. The highest BCUT2D eigenvalue weighted by Gasteiger charge is 2.21. The van der Waals surface area contributed by atoms with E-state index in [0.717, 1.165) is 11.0 Å². The molecule has 2 rings (SSSR count). The van der Waals surface area contributed by atoms with Gasteiger partial charge in [0.15, 0.2) is 0 Å². The van der Waals surface area contributed by atoms with Crippen molar-refractivity contribution in [1.82, 2.24) is 19.4 Å². The van der Waals surface area contributed by atoms with E-state index in [1.54, 1.807) is 4.57 Å². The van der Waals surface area contributed by atoms with Crippen LogP contribution in [0.3, 0.4) is 0 Å². The van der Waals surface area contributed by atoms with Gasteiger partial charge in [-0.2, -0.15) is 0 Å². The van der Waals surface area contributed by atoms with E-state index in [0.29, 0.717) is 13.1 Å². The predicted molar refractivity (Wildman–Crippen MR) is 102 cm³/mol. The fourth-order valence-electron chi connectivity index (χ4n) is 2.97. The van der Waals surface area contributed by atoms with E-state index in [1.807, 2.05) is 58.9 Å². The summed E-state index contributed by atoms with van der Waals surface area (Å²) in [6, 6.07) is 7.42. The summed E-state index contributed by atoms with van der Waals surface area (Å²) in [6.45, 7) is 10.2. The van der Waals surface area contributed by atoms with Crippen LogP contribution in [0.5, 0.6) is 0 Å². The molecule has 0 aliphatic heterocycles. The van der Waals surface area contributed by atoms with Crippen LogP contribution in [0.15, 0.2) is 29.1 Å². The van der Waals surface area contributed by atoms with Crippen molar-refractivity contribution in [1.29, 1.82) is 0 Å². The zero-order valence-corrected chi connectivity index (χ0v) is 16.2. The number of rotatable bonds is 6. The van der Waals surface area contributed by atoms with Gasteiger partial charge in [-0.05, 0) is 46.8 Å². The molecule has 1 aromatic carbocycles. The van der Waals surface area contributed by atoms with Gasteiger partial charge in [-0.25, -0.2) is 4.79 Å². The molecule has 1 N–H and O–H groups in total. The van der Waals surface area contributed by atoms with Crippen molar-refractivity contribution < 1.29 is 9.59 Å². The lowest BCUT2D eigenvalue weighted by atomic mass is 10.1. The Morgan fingerprint density at radius 1 is 1.08 bits per heavy atom. The van der Waals surface area contributed by atoms with E-state index in [2.05, 4.69) is 5.32 Å². The van der Waals surface area contributed by atoms with Crippen LogP contribution in [-0.4, -0.2) is 44.5 Å². The quantitative estimate of drug-likeness (QED) is 0.850. The largest absolute Gasteiger partial charge is 0.350 e. The zero-order chi connectivity index (χ0) is 19.5. The number of carbonyl (C=O) groups is 2. The number of nitrogens with one attached hydrogen (secondary N) is 1. The maximum absolute atomic E-state index is 12.7. The lowest BCUT2D eigenvalue weighted by Gasteiger charge is -2.25. The van der Waals surface area contributed by atoms with Gasteiger partial charge in [0.2, 0.25) is 11.8 Å². The van der Waals surface area contributed by atoms with Gasteiger partial charge in [-0.15, -0.1) is 0 Å². The van der Waals surface area contributed by atoms with E-state index in [9.17, 15) is 14.4 Å². The second kappa shape index (κ2) is 7.76. The van der Waals surface area contributed by atoms with Crippen molar-refractivity contribution in [3.8, 4) is 0 Å². The highest BCUT2D eigenvalue weighted by molar-refractivity contribution is 5.86. The number of hydrogen-bond donors (Lipinski definition) is 1. The Bertz CT molecular complexity index is 858. The minimum Gasteiger partial charge on any atom is -0.350 e. The van der Waals surface area contributed by atoms with Gasteiger partial charge in [0.25, 0.3) is 0 Å². The smallest absolute Gasteiger partial charge is 0.329 e. The Kier molecular flexibility index (Phi) is 5.90. The van der Waals surface area contributed by atoms with Crippen molar-refractivity contribution >= 4 is 22.8 Å². The van der Waals surface area contributed by atoms with Gasteiger partial charge < -0.3 is 10.2 Å². The maximum Gasteiger partial charge on any atom is 0.329 e. The molecule has 1 aromatic heterocycles. The minimum atomic E-state index is -0.356. The van der Waals surface area contributed by atoms with Crippen molar-refractivity contribution in [3.05, 3.63) is 34.7 Å². The summed E-state index contributed by atoms with van der Waals surface area (Å²) in [7, 11) is 0. The first-order valence-electron chi connectivity index (χ1n) is 8.94. The van der Waals surface area contributed by atoms with E-state index >= 15 is 0 Å². The molecule has 2 amide bonds. The standard InChI is InChI=1S/C19H28N4O3/c1-6-21(12-16(24)20-19(3,4)5)17(25)13-23-15-11-9-8-10-14(15)22(7-2)18(23)26/h8-11H,6-7,12-13H2,1-5H3,(H,20,24). The Balaban J connectivity index is 2.23. The normalized spacial score (nSPS) is 11.6. The number of fused-ring (bicyclic) bond motifs is 1. The number of benzene rings is 1. The molecule has 0 saturated heterocycles. The topological polar surface area (TPSA) is 76.3 Å². The van der Waals surface area contributed by atoms with E-state index in [4.69, 9.17) is 0 Å². The molecule has 7 heteroatoms. The summed E-state index contributed by atoms with van der Waals surface area (Å²) in [4.78, 5) is 39.0. The summed E-state index contributed by atoms with van der Waals surface area (Å²) in [5.74, 6) is -0.464. The number of amides is 2. The third-order valence-corrected chi connectivity index (χ3v) is 4.12. The lowest BCUT2D eigenvalue weighted by molar-refractivity contribution is -0.136. The predicted octanol–water partition coefficient (Wildman–Crippen LogP) is 1.59. The summed E-state index contributed by atoms with van der Waals surface area (Å²) in [5.41, 5.74) is 0.965. The van der Waals surface area contributed by atoms with E-state index < -0.39 is 0 Å². The number of aromatic nitrogens is 2. The molecular weight excluding hydrogens is 332 g/mol. The summed E-state index contributed by atoms with van der Waals surface area (Å²) in [6.07, 6.45) is 0. The van der Waals surface area contributed by atoms with Gasteiger partial charge in [-0.1, -0.05) is 12.1 Å². The zero-order valence-electron chi connectivity index (χ0n) is 16.2. The van der Waals surface area contributed by atoms with Gasteiger partial charge in [0.05, 0.1) is 17.6 Å². The third-order valence-electron chi connectivity index (χ3n) is 4.12. The number of hydrogen-bond acceptors (Lipinski definition) is 3. The molecule has 0 radical (unpaired) electrons. The van der Waals surface area contributed by atoms with Crippen LogP contribution in [-0.2, 0) is 22.7 Å². The molecule has 0 aliphatic rings. The van der Waals surface area contributed by atoms with Crippen LogP contribution in [0.2, 0.25) is 0 Å². The third kappa shape index (κ3) is 4.33. The molecule has 0 bridgehead atoms. The molecule has 26 heavy (non-hydrogen) atoms. The Labute approximate surface area is 153 Å². The molecule has 0 aliphatic carbocycles. The molecule has 0 spiro atoms. The number of aryl methyl sites for hydroxylation is 1. The highest BCUT2D eigenvalue weighted by atomic mass is 16.2. The fraction of sp³-hybridized carbons (Fsp3) is 0.526. The van der Waals surface area contributed by atoms with Crippen LogP contribution >= 0.6 is 0 Å². The second-order valence-corrected chi connectivity index (χ2v) is 7.31. The summed E-state index contributed by atoms with van der Waals surface area (Å²) in [5, 5.41) is 2.85. The van der Waals surface area contributed by atoms with Gasteiger partial charge >= 0.3 is 5.69 Å². The minimum absolute atomic E-state index is 0.0201. The van der Waals surface area contributed by atoms with Crippen molar-refractivity contribution in [2.45, 2.75) is 53.2 Å². The average Bonchev–Trinajstić information content (AvgIpc) is 2.82. The Hall–Kier alpha value is -2.57. The number of para-hydroxylation sites is 2. The SMILES string of the molecule is CCN(CC(=O)NC(C)(C)C)C(=O)Cn1c(=O)n(CC)c2ccccc21.